The van der Waals surface area contributed by atoms with Gasteiger partial charge in [0.05, 0.1) is 5.69 Å². The zero-order valence-corrected chi connectivity index (χ0v) is 9.39. The minimum absolute atomic E-state index is 0.396. The Balaban J connectivity index is 2.70. The molecule has 0 amide bonds. The van der Waals surface area contributed by atoms with Crippen molar-refractivity contribution in [2.75, 3.05) is 5.73 Å². The van der Waals surface area contributed by atoms with Crippen LogP contribution in [0.25, 0.3) is 11.1 Å². The van der Waals surface area contributed by atoms with Gasteiger partial charge in [0, 0.05) is 17.7 Å². The highest BCUT2D eigenvalue weighted by atomic mass is 16.1. The summed E-state index contributed by atoms with van der Waals surface area (Å²) in [6.07, 6.45) is 0.766. The molecule has 0 fully saturated rings. The summed E-state index contributed by atoms with van der Waals surface area (Å²) in [4.78, 5) is 10.9. The summed E-state index contributed by atoms with van der Waals surface area (Å²) < 4.78 is 0. The molecule has 0 aliphatic carbocycles. The first-order valence-corrected chi connectivity index (χ1v) is 5.40. The molecule has 0 bridgehead atoms. The highest BCUT2D eigenvalue weighted by Crippen LogP contribution is 2.31. The lowest BCUT2D eigenvalue weighted by Gasteiger charge is -2.13. The van der Waals surface area contributed by atoms with Crippen LogP contribution in [0.15, 0.2) is 42.5 Å². The van der Waals surface area contributed by atoms with E-state index in [9.17, 15) is 4.79 Å². The van der Waals surface area contributed by atoms with Gasteiger partial charge in [-0.25, -0.2) is 0 Å². The van der Waals surface area contributed by atoms with Crippen LogP contribution in [0.3, 0.4) is 0 Å². The molecule has 4 N–H and O–H groups in total. The van der Waals surface area contributed by atoms with Crippen LogP contribution in [0.2, 0.25) is 0 Å². The second kappa shape index (κ2) is 4.80. The molecule has 2 rings (SSSR count). The maximum atomic E-state index is 10.9. The number of nitrogens with two attached hydrogens (primary N) is 2. The monoisotopic (exact) mass is 226 g/mol. The predicted octanol–water partition coefficient (Wildman–Crippen LogP) is 2.21. The van der Waals surface area contributed by atoms with Crippen LogP contribution >= 0.6 is 0 Å². The molecule has 0 atom stereocenters. The molecule has 2 aromatic carbocycles. The number of rotatable bonds is 3. The molecule has 0 saturated heterocycles. The quantitative estimate of drug-likeness (QED) is 0.622. The Bertz CT molecular complexity index is 535. The van der Waals surface area contributed by atoms with Crippen LogP contribution in [-0.2, 0) is 6.54 Å². The maximum Gasteiger partial charge on any atom is 0.152 e. The lowest BCUT2D eigenvalue weighted by atomic mass is 9.95. The van der Waals surface area contributed by atoms with E-state index in [2.05, 4.69) is 0 Å². The Morgan fingerprint density at radius 1 is 1.06 bits per heavy atom. The smallest absolute Gasteiger partial charge is 0.152 e. The van der Waals surface area contributed by atoms with Crippen LogP contribution in [0.4, 0.5) is 5.69 Å². The molecule has 0 aromatic heterocycles. The SMILES string of the molecule is NCc1ccc(C=O)c(N)c1-c1ccccc1. The fourth-order valence-corrected chi connectivity index (χ4v) is 1.90. The van der Waals surface area contributed by atoms with Crippen LogP contribution in [0, 0.1) is 0 Å². The third-order valence-corrected chi connectivity index (χ3v) is 2.77. The molecule has 0 spiro atoms. The topological polar surface area (TPSA) is 69.1 Å². The van der Waals surface area contributed by atoms with E-state index in [0.29, 0.717) is 17.8 Å². The summed E-state index contributed by atoms with van der Waals surface area (Å²) in [5.74, 6) is 0. The van der Waals surface area contributed by atoms with Gasteiger partial charge < -0.3 is 11.5 Å². The molecule has 0 radical (unpaired) electrons. The van der Waals surface area contributed by atoms with Crippen molar-refractivity contribution in [2.24, 2.45) is 5.73 Å². The molecule has 2 aromatic rings. The van der Waals surface area contributed by atoms with Crippen molar-refractivity contribution in [3.8, 4) is 11.1 Å². The summed E-state index contributed by atoms with van der Waals surface area (Å²) in [5.41, 5.74) is 15.5. The van der Waals surface area contributed by atoms with Gasteiger partial charge in [-0.05, 0) is 17.2 Å². The highest BCUT2D eigenvalue weighted by Gasteiger charge is 2.11. The zero-order valence-electron chi connectivity index (χ0n) is 9.39. The van der Waals surface area contributed by atoms with E-state index in [1.54, 1.807) is 6.07 Å². The highest BCUT2D eigenvalue weighted by molar-refractivity contribution is 5.92. The Hall–Kier alpha value is -2.13. The van der Waals surface area contributed by atoms with Crippen molar-refractivity contribution >= 4 is 12.0 Å². The number of nitrogen functional groups attached to an aromatic ring is 1. The van der Waals surface area contributed by atoms with Gasteiger partial charge in [0.2, 0.25) is 0 Å². The second-order valence-electron chi connectivity index (χ2n) is 3.79. The van der Waals surface area contributed by atoms with Crippen LogP contribution < -0.4 is 11.5 Å². The number of benzene rings is 2. The first-order valence-electron chi connectivity index (χ1n) is 5.40. The van der Waals surface area contributed by atoms with Crippen LogP contribution in [-0.4, -0.2) is 6.29 Å². The summed E-state index contributed by atoms with van der Waals surface area (Å²) in [5, 5.41) is 0. The predicted molar refractivity (Wildman–Crippen MR) is 69.6 cm³/mol. The van der Waals surface area contributed by atoms with Crippen molar-refractivity contribution in [1.82, 2.24) is 0 Å². The maximum absolute atomic E-state index is 10.9. The summed E-state index contributed by atoms with van der Waals surface area (Å²) in [6.45, 7) is 0.396. The molecular weight excluding hydrogens is 212 g/mol. The summed E-state index contributed by atoms with van der Waals surface area (Å²) >= 11 is 0. The lowest BCUT2D eigenvalue weighted by molar-refractivity contribution is 0.112. The Kier molecular flexibility index (Phi) is 3.21. The molecule has 3 heteroatoms. The Labute approximate surface area is 100 Å². The van der Waals surface area contributed by atoms with Crippen LogP contribution in [0.5, 0.6) is 0 Å². The average Bonchev–Trinajstić information content (AvgIpc) is 2.39. The fourth-order valence-electron chi connectivity index (χ4n) is 1.90. The second-order valence-corrected chi connectivity index (χ2v) is 3.79. The fraction of sp³-hybridized carbons (Fsp3) is 0.0714. The molecule has 86 valence electrons. The van der Waals surface area contributed by atoms with Gasteiger partial charge >= 0.3 is 0 Å². The van der Waals surface area contributed by atoms with Gasteiger partial charge in [-0.1, -0.05) is 36.4 Å². The minimum Gasteiger partial charge on any atom is -0.398 e. The van der Waals surface area contributed by atoms with Crippen molar-refractivity contribution in [1.29, 1.82) is 0 Å². The van der Waals surface area contributed by atoms with Crippen molar-refractivity contribution < 1.29 is 4.79 Å². The van der Waals surface area contributed by atoms with E-state index < -0.39 is 0 Å². The van der Waals surface area contributed by atoms with Gasteiger partial charge in [0.15, 0.2) is 6.29 Å². The largest absolute Gasteiger partial charge is 0.398 e. The van der Waals surface area contributed by atoms with E-state index in [1.165, 1.54) is 0 Å². The normalized spacial score (nSPS) is 10.2. The van der Waals surface area contributed by atoms with E-state index in [-0.39, 0.29) is 0 Å². The van der Waals surface area contributed by atoms with Gasteiger partial charge in [0.1, 0.15) is 0 Å². The Morgan fingerprint density at radius 2 is 1.76 bits per heavy atom. The third-order valence-electron chi connectivity index (χ3n) is 2.77. The number of carbonyl (C=O) groups is 1. The molecule has 0 heterocycles. The van der Waals surface area contributed by atoms with Gasteiger partial charge in [-0.15, -0.1) is 0 Å². The van der Waals surface area contributed by atoms with Crippen molar-refractivity contribution in [3.05, 3.63) is 53.6 Å². The molecule has 3 nitrogen and oxygen atoms in total. The number of hydrogen-bond acceptors (Lipinski definition) is 3. The first kappa shape index (κ1) is 11.4. The number of hydrogen-bond donors (Lipinski definition) is 2. The van der Waals surface area contributed by atoms with Crippen LogP contribution in [0.1, 0.15) is 15.9 Å². The Morgan fingerprint density at radius 3 is 2.35 bits per heavy atom. The average molecular weight is 226 g/mol. The van der Waals surface area contributed by atoms with E-state index in [1.807, 2.05) is 36.4 Å². The number of carbonyl (C=O) groups excluding carboxylic acids is 1. The summed E-state index contributed by atoms with van der Waals surface area (Å²) in [6, 6.07) is 13.3. The molecule has 0 saturated carbocycles. The molecule has 0 aliphatic rings. The standard InChI is InChI=1S/C14H14N2O/c15-8-11-6-7-12(9-17)14(16)13(11)10-4-2-1-3-5-10/h1-7,9H,8,15-16H2. The van der Waals surface area contributed by atoms with Gasteiger partial charge in [-0.3, -0.25) is 4.79 Å². The molecule has 0 aliphatic heterocycles. The third kappa shape index (κ3) is 2.05. The minimum atomic E-state index is 0.396. The molecule has 0 unspecified atom stereocenters. The van der Waals surface area contributed by atoms with Gasteiger partial charge in [-0.2, -0.15) is 0 Å². The zero-order chi connectivity index (χ0) is 12.3. The van der Waals surface area contributed by atoms with Crippen molar-refractivity contribution in [3.63, 3.8) is 0 Å². The molecule has 17 heavy (non-hydrogen) atoms. The van der Waals surface area contributed by atoms with Gasteiger partial charge in [0.25, 0.3) is 0 Å². The van der Waals surface area contributed by atoms with E-state index >= 15 is 0 Å². The van der Waals surface area contributed by atoms with Crippen molar-refractivity contribution in [2.45, 2.75) is 6.54 Å². The molecular formula is C14H14N2O. The lowest BCUT2D eigenvalue weighted by Crippen LogP contribution is -2.04. The first-order chi connectivity index (χ1) is 8.27. The van der Waals surface area contributed by atoms with E-state index in [4.69, 9.17) is 11.5 Å². The number of anilines is 1. The summed E-state index contributed by atoms with van der Waals surface area (Å²) in [7, 11) is 0. The van der Waals surface area contributed by atoms with E-state index in [0.717, 1.165) is 23.0 Å². The number of aldehydes is 1.